The predicted molar refractivity (Wildman–Crippen MR) is 80.7 cm³/mol. The molecule has 2 aromatic carbocycles. The molecule has 0 bridgehead atoms. The lowest BCUT2D eigenvalue weighted by atomic mass is 10.0. The molecule has 0 fully saturated rings. The van der Waals surface area contributed by atoms with Crippen LogP contribution in [-0.2, 0) is 0 Å². The predicted octanol–water partition coefficient (Wildman–Crippen LogP) is 5.24. The second-order valence-electron chi connectivity index (χ2n) is 3.89. The van der Waals surface area contributed by atoms with Gasteiger partial charge in [0.05, 0.1) is 0 Å². The molecule has 0 aliphatic carbocycles. The molecule has 0 aliphatic rings. The fourth-order valence-electron chi connectivity index (χ4n) is 1.91. The normalized spacial score (nSPS) is 10.5. The lowest BCUT2D eigenvalue weighted by Gasteiger charge is -2.07. The van der Waals surface area contributed by atoms with Crippen LogP contribution in [-0.4, -0.2) is 4.98 Å². The molecular weight excluding hydrogens is 306 g/mol. The van der Waals surface area contributed by atoms with E-state index >= 15 is 0 Å². The van der Waals surface area contributed by atoms with Crippen molar-refractivity contribution in [2.45, 2.75) is 0 Å². The highest BCUT2D eigenvalue weighted by Gasteiger charge is 2.08. The highest BCUT2D eigenvalue weighted by molar-refractivity contribution is 9.10. The molecule has 0 unspecified atom stereocenters. The zero-order valence-electron chi connectivity index (χ0n) is 9.51. The smallest absolute Gasteiger partial charge is 0.123 e. The van der Waals surface area contributed by atoms with E-state index in [1.807, 2.05) is 11.6 Å². The van der Waals surface area contributed by atoms with Crippen molar-refractivity contribution in [2.75, 3.05) is 0 Å². The summed E-state index contributed by atoms with van der Waals surface area (Å²) in [5, 5.41) is 3.07. The monoisotopic (exact) mass is 315 g/mol. The zero-order valence-corrected chi connectivity index (χ0v) is 11.9. The van der Waals surface area contributed by atoms with Crippen LogP contribution in [0.15, 0.2) is 64.6 Å². The SMILES string of the molecule is Brc1ccc(-c2ccccc2-c2nccs2)cc1. The molecule has 88 valence electrons. The molecule has 0 spiro atoms. The molecule has 0 N–H and O–H groups in total. The molecule has 1 heterocycles. The number of halogens is 1. The van der Waals surface area contributed by atoms with Crippen LogP contribution in [0.3, 0.4) is 0 Å². The quantitative estimate of drug-likeness (QED) is 0.630. The molecule has 0 saturated heterocycles. The van der Waals surface area contributed by atoms with Crippen LogP contribution in [0.5, 0.6) is 0 Å². The largest absolute Gasteiger partial charge is 0.245 e. The Morgan fingerprint density at radius 2 is 1.61 bits per heavy atom. The summed E-state index contributed by atoms with van der Waals surface area (Å²) in [6.07, 6.45) is 1.85. The van der Waals surface area contributed by atoms with E-state index in [0.717, 1.165) is 9.48 Å². The Hall–Kier alpha value is -1.45. The third-order valence-electron chi connectivity index (χ3n) is 2.75. The van der Waals surface area contributed by atoms with Crippen LogP contribution in [0.2, 0.25) is 0 Å². The number of hydrogen-bond donors (Lipinski definition) is 0. The van der Waals surface area contributed by atoms with Gasteiger partial charge >= 0.3 is 0 Å². The average Bonchev–Trinajstić information content (AvgIpc) is 2.93. The topological polar surface area (TPSA) is 12.9 Å². The second kappa shape index (κ2) is 5.04. The Labute approximate surface area is 118 Å². The van der Waals surface area contributed by atoms with Gasteiger partial charge in [0.2, 0.25) is 0 Å². The molecule has 3 rings (SSSR count). The maximum absolute atomic E-state index is 4.40. The van der Waals surface area contributed by atoms with E-state index < -0.39 is 0 Å². The number of aromatic nitrogens is 1. The highest BCUT2D eigenvalue weighted by atomic mass is 79.9. The zero-order chi connectivity index (χ0) is 12.4. The van der Waals surface area contributed by atoms with Gasteiger partial charge in [0.25, 0.3) is 0 Å². The van der Waals surface area contributed by atoms with Crippen molar-refractivity contribution in [3.8, 4) is 21.7 Å². The summed E-state index contributed by atoms with van der Waals surface area (Å²) in [4.78, 5) is 4.40. The van der Waals surface area contributed by atoms with Crippen molar-refractivity contribution < 1.29 is 0 Å². The minimum absolute atomic E-state index is 1.06. The summed E-state index contributed by atoms with van der Waals surface area (Å²) in [5.41, 5.74) is 3.62. The number of thiazole rings is 1. The first-order chi connectivity index (χ1) is 8.84. The Kier molecular flexibility index (Phi) is 3.26. The maximum atomic E-state index is 4.40. The van der Waals surface area contributed by atoms with Crippen LogP contribution in [0, 0.1) is 0 Å². The third kappa shape index (κ3) is 2.24. The van der Waals surface area contributed by atoms with Crippen molar-refractivity contribution in [2.24, 2.45) is 0 Å². The molecule has 0 atom stereocenters. The van der Waals surface area contributed by atoms with Crippen LogP contribution < -0.4 is 0 Å². The highest BCUT2D eigenvalue weighted by Crippen LogP contribution is 2.33. The van der Waals surface area contributed by atoms with Crippen molar-refractivity contribution in [3.05, 3.63) is 64.6 Å². The third-order valence-corrected chi connectivity index (χ3v) is 4.08. The molecule has 0 aliphatic heterocycles. The Bertz CT molecular complexity index is 645. The van der Waals surface area contributed by atoms with Crippen LogP contribution in [0.4, 0.5) is 0 Å². The van der Waals surface area contributed by atoms with E-state index in [-0.39, 0.29) is 0 Å². The Morgan fingerprint density at radius 1 is 0.889 bits per heavy atom. The van der Waals surface area contributed by atoms with Gasteiger partial charge < -0.3 is 0 Å². The Balaban J connectivity index is 2.15. The summed E-state index contributed by atoms with van der Waals surface area (Å²) >= 11 is 5.13. The van der Waals surface area contributed by atoms with Gasteiger partial charge in [0.1, 0.15) is 5.01 Å². The standard InChI is InChI=1S/C15H10BrNS/c16-12-7-5-11(6-8-12)13-3-1-2-4-14(13)15-17-9-10-18-15/h1-10H. The molecule has 0 radical (unpaired) electrons. The van der Waals surface area contributed by atoms with E-state index in [4.69, 9.17) is 0 Å². The number of hydrogen-bond acceptors (Lipinski definition) is 2. The molecule has 1 aromatic heterocycles. The summed E-state index contributed by atoms with van der Waals surface area (Å²) in [6, 6.07) is 16.7. The molecular formula is C15H10BrNS. The molecule has 3 heteroatoms. The van der Waals surface area contributed by atoms with Crippen LogP contribution >= 0.6 is 27.3 Å². The minimum atomic E-state index is 1.06. The van der Waals surface area contributed by atoms with Gasteiger partial charge in [-0.2, -0.15) is 0 Å². The van der Waals surface area contributed by atoms with Gasteiger partial charge in [0, 0.05) is 21.6 Å². The van der Waals surface area contributed by atoms with Gasteiger partial charge in [-0.3, -0.25) is 0 Å². The van der Waals surface area contributed by atoms with Crippen molar-refractivity contribution in [1.29, 1.82) is 0 Å². The summed E-state index contributed by atoms with van der Waals surface area (Å²) in [6.45, 7) is 0. The number of rotatable bonds is 2. The first kappa shape index (κ1) is 11.6. The van der Waals surface area contributed by atoms with E-state index in [9.17, 15) is 0 Å². The summed E-state index contributed by atoms with van der Waals surface area (Å²) in [5.74, 6) is 0. The average molecular weight is 316 g/mol. The summed E-state index contributed by atoms with van der Waals surface area (Å²) in [7, 11) is 0. The van der Waals surface area contributed by atoms with Crippen molar-refractivity contribution >= 4 is 27.3 Å². The Morgan fingerprint density at radius 3 is 2.28 bits per heavy atom. The molecule has 0 saturated carbocycles. The second-order valence-corrected chi connectivity index (χ2v) is 5.70. The first-order valence-corrected chi connectivity index (χ1v) is 7.27. The van der Waals surface area contributed by atoms with Gasteiger partial charge in [-0.25, -0.2) is 4.98 Å². The molecule has 0 amide bonds. The van der Waals surface area contributed by atoms with Gasteiger partial charge in [0.15, 0.2) is 0 Å². The van der Waals surface area contributed by atoms with Crippen LogP contribution in [0.25, 0.3) is 21.7 Å². The first-order valence-electron chi connectivity index (χ1n) is 5.59. The molecule has 18 heavy (non-hydrogen) atoms. The van der Waals surface area contributed by atoms with E-state index in [1.165, 1.54) is 16.7 Å². The van der Waals surface area contributed by atoms with E-state index in [0.29, 0.717) is 0 Å². The lowest BCUT2D eigenvalue weighted by Crippen LogP contribution is -1.83. The fraction of sp³-hybridized carbons (Fsp3) is 0. The number of benzene rings is 2. The fourth-order valence-corrected chi connectivity index (χ4v) is 2.85. The molecule has 1 nitrogen and oxygen atoms in total. The van der Waals surface area contributed by atoms with E-state index in [1.54, 1.807) is 11.3 Å². The van der Waals surface area contributed by atoms with E-state index in [2.05, 4.69) is 69.4 Å². The van der Waals surface area contributed by atoms with Gasteiger partial charge in [-0.1, -0.05) is 52.3 Å². The molecule has 3 aromatic rings. The van der Waals surface area contributed by atoms with Gasteiger partial charge in [-0.05, 0) is 23.3 Å². The van der Waals surface area contributed by atoms with Crippen molar-refractivity contribution in [1.82, 2.24) is 4.98 Å². The van der Waals surface area contributed by atoms with Gasteiger partial charge in [-0.15, -0.1) is 11.3 Å². The lowest BCUT2D eigenvalue weighted by molar-refractivity contribution is 1.41. The number of nitrogens with zero attached hydrogens (tertiary/aromatic N) is 1. The minimum Gasteiger partial charge on any atom is -0.245 e. The van der Waals surface area contributed by atoms with Crippen LogP contribution in [0.1, 0.15) is 0 Å². The summed E-state index contributed by atoms with van der Waals surface area (Å²) < 4.78 is 1.10. The maximum Gasteiger partial charge on any atom is 0.123 e. The van der Waals surface area contributed by atoms with Crippen molar-refractivity contribution in [3.63, 3.8) is 0 Å².